The summed E-state index contributed by atoms with van der Waals surface area (Å²) in [4.78, 5) is 17.0. The molecule has 10 heteroatoms. The minimum atomic E-state index is -3.54. The minimum absolute atomic E-state index is 0.124. The van der Waals surface area contributed by atoms with Crippen LogP contribution in [0.4, 0.5) is 5.13 Å². The number of rotatable bonds is 5. The van der Waals surface area contributed by atoms with E-state index < -0.39 is 10.0 Å². The van der Waals surface area contributed by atoms with Crippen LogP contribution in [0.1, 0.15) is 10.4 Å². The Morgan fingerprint density at radius 2 is 1.83 bits per heavy atom. The summed E-state index contributed by atoms with van der Waals surface area (Å²) in [6, 6.07) is 11.3. The normalized spacial score (nSPS) is 12.9. The van der Waals surface area contributed by atoms with Crippen molar-refractivity contribution in [3.63, 3.8) is 0 Å². The lowest BCUT2D eigenvalue weighted by Gasteiger charge is -2.11. The van der Waals surface area contributed by atoms with E-state index in [-0.39, 0.29) is 17.6 Å². The minimum Gasteiger partial charge on any atom is -0.454 e. The van der Waals surface area contributed by atoms with Gasteiger partial charge in [0.2, 0.25) is 16.8 Å². The van der Waals surface area contributed by atoms with Crippen molar-refractivity contribution in [2.24, 2.45) is 0 Å². The Labute approximate surface area is 171 Å². The molecule has 1 aliphatic rings. The van der Waals surface area contributed by atoms with E-state index in [2.05, 4.69) is 10.3 Å². The Balaban J connectivity index is 1.48. The van der Waals surface area contributed by atoms with Crippen molar-refractivity contribution in [2.45, 2.75) is 4.90 Å². The molecule has 2 aromatic carbocycles. The van der Waals surface area contributed by atoms with Gasteiger partial charge in [0, 0.05) is 30.6 Å². The maximum atomic E-state index is 12.5. The molecule has 1 amide bonds. The molecular formula is C19H17N3O5S2. The Bertz CT molecular complexity index is 1170. The highest BCUT2D eigenvalue weighted by atomic mass is 32.2. The van der Waals surface area contributed by atoms with Gasteiger partial charge in [-0.25, -0.2) is 17.7 Å². The first-order valence-electron chi connectivity index (χ1n) is 8.54. The quantitative estimate of drug-likeness (QED) is 0.667. The van der Waals surface area contributed by atoms with E-state index in [1.807, 2.05) is 23.6 Å². The maximum Gasteiger partial charge on any atom is 0.257 e. The van der Waals surface area contributed by atoms with Crippen molar-refractivity contribution in [2.75, 3.05) is 26.2 Å². The van der Waals surface area contributed by atoms with Crippen LogP contribution in [0, 0.1) is 0 Å². The third-order valence-corrected chi connectivity index (χ3v) is 6.88. The highest BCUT2D eigenvalue weighted by molar-refractivity contribution is 7.89. The summed E-state index contributed by atoms with van der Waals surface area (Å²) in [7, 11) is -0.629. The van der Waals surface area contributed by atoms with Crippen LogP contribution in [-0.2, 0) is 10.0 Å². The van der Waals surface area contributed by atoms with Crippen molar-refractivity contribution < 1.29 is 22.7 Å². The molecule has 0 aliphatic carbocycles. The van der Waals surface area contributed by atoms with E-state index in [4.69, 9.17) is 9.47 Å². The van der Waals surface area contributed by atoms with Crippen molar-refractivity contribution in [1.29, 1.82) is 0 Å². The number of anilines is 1. The van der Waals surface area contributed by atoms with Gasteiger partial charge in [-0.15, -0.1) is 11.3 Å². The number of hydrogen-bond acceptors (Lipinski definition) is 7. The smallest absolute Gasteiger partial charge is 0.257 e. The summed E-state index contributed by atoms with van der Waals surface area (Å²) in [5, 5.41) is 5.01. The molecule has 3 aromatic rings. The van der Waals surface area contributed by atoms with E-state index in [1.54, 1.807) is 0 Å². The SMILES string of the molecule is CN(C)S(=O)(=O)c1ccc(C(=O)Nc2nc(-c3ccc4c(c3)OCO4)cs2)cc1. The maximum absolute atomic E-state index is 12.5. The number of nitrogens with one attached hydrogen (secondary N) is 1. The van der Waals surface area contributed by atoms with Crippen LogP contribution >= 0.6 is 11.3 Å². The fourth-order valence-corrected chi connectivity index (χ4v) is 4.29. The third kappa shape index (κ3) is 3.82. The summed E-state index contributed by atoms with van der Waals surface area (Å²) < 4.78 is 36.0. The van der Waals surface area contributed by atoms with Gasteiger partial charge in [0.15, 0.2) is 16.6 Å². The highest BCUT2D eigenvalue weighted by Crippen LogP contribution is 2.36. The van der Waals surface area contributed by atoms with Crippen LogP contribution in [0.3, 0.4) is 0 Å². The van der Waals surface area contributed by atoms with Gasteiger partial charge in [-0.3, -0.25) is 10.1 Å². The molecule has 0 saturated carbocycles. The number of sulfonamides is 1. The van der Waals surface area contributed by atoms with Gasteiger partial charge in [-0.05, 0) is 42.5 Å². The molecule has 1 N–H and O–H groups in total. The summed E-state index contributed by atoms with van der Waals surface area (Å²) >= 11 is 1.29. The Kier molecular flexibility index (Phi) is 4.99. The van der Waals surface area contributed by atoms with Gasteiger partial charge < -0.3 is 9.47 Å². The third-order valence-electron chi connectivity index (χ3n) is 4.29. The largest absolute Gasteiger partial charge is 0.454 e. The summed E-state index contributed by atoms with van der Waals surface area (Å²) in [5.41, 5.74) is 1.89. The van der Waals surface area contributed by atoms with Gasteiger partial charge in [0.1, 0.15) is 0 Å². The lowest BCUT2D eigenvalue weighted by atomic mass is 10.1. The monoisotopic (exact) mass is 431 g/mol. The fourth-order valence-electron chi connectivity index (χ4n) is 2.68. The lowest BCUT2D eigenvalue weighted by Crippen LogP contribution is -2.22. The fraction of sp³-hybridized carbons (Fsp3) is 0.158. The summed E-state index contributed by atoms with van der Waals surface area (Å²) in [6.07, 6.45) is 0. The number of hydrogen-bond donors (Lipinski definition) is 1. The molecule has 0 unspecified atom stereocenters. The van der Waals surface area contributed by atoms with Gasteiger partial charge in [-0.2, -0.15) is 0 Å². The first-order chi connectivity index (χ1) is 13.8. The number of aromatic nitrogens is 1. The molecule has 150 valence electrons. The molecule has 29 heavy (non-hydrogen) atoms. The number of carbonyl (C=O) groups excluding carboxylic acids is 1. The Morgan fingerprint density at radius 3 is 2.55 bits per heavy atom. The zero-order valence-electron chi connectivity index (χ0n) is 15.6. The second-order valence-corrected chi connectivity index (χ2v) is 9.38. The molecule has 1 aromatic heterocycles. The van der Waals surface area contributed by atoms with E-state index >= 15 is 0 Å². The van der Waals surface area contributed by atoms with Gasteiger partial charge in [-0.1, -0.05) is 0 Å². The number of nitrogens with zero attached hydrogens (tertiary/aromatic N) is 2. The molecular weight excluding hydrogens is 414 g/mol. The topological polar surface area (TPSA) is 97.8 Å². The number of amides is 1. The average Bonchev–Trinajstić information content (AvgIpc) is 3.36. The van der Waals surface area contributed by atoms with Crippen molar-refractivity contribution in [3.05, 3.63) is 53.4 Å². The van der Waals surface area contributed by atoms with Crippen LogP contribution in [-0.4, -0.2) is 44.5 Å². The average molecular weight is 431 g/mol. The van der Waals surface area contributed by atoms with Gasteiger partial charge in [0.05, 0.1) is 10.6 Å². The van der Waals surface area contributed by atoms with Crippen molar-refractivity contribution in [1.82, 2.24) is 9.29 Å². The van der Waals surface area contributed by atoms with Crippen LogP contribution < -0.4 is 14.8 Å². The number of benzene rings is 2. The number of ether oxygens (including phenoxy) is 2. The highest BCUT2D eigenvalue weighted by Gasteiger charge is 2.18. The predicted molar refractivity (Wildman–Crippen MR) is 109 cm³/mol. The summed E-state index contributed by atoms with van der Waals surface area (Å²) in [6.45, 7) is 0.200. The molecule has 8 nitrogen and oxygen atoms in total. The molecule has 2 heterocycles. The van der Waals surface area contributed by atoms with Crippen LogP contribution in [0.2, 0.25) is 0 Å². The number of carbonyl (C=O) groups is 1. The van der Waals surface area contributed by atoms with Crippen molar-refractivity contribution in [3.8, 4) is 22.8 Å². The van der Waals surface area contributed by atoms with Gasteiger partial charge in [0.25, 0.3) is 5.91 Å². The molecule has 0 saturated heterocycles. The second kappa shape index (κ2) is 7.47. The lowest BCUT2D eigenvalue weighted by molar-refractivity contribution is 0.102. The van der Waals surface area contributed by atoms with Crippen LogP contribution in [0.25, 0.3) is 11.3 Å². The second-order valence-electron chi connectivity index (χ2n) is 6.37. The molecule has 0 fully saturated rings. The predicted octanol–water partition coefficient (Wildman–Crippen LogP) is 3.04. The van der Waals surface area contributed by atoms with Crippen molar-refractivity contribution >= 4 is 32.4 Å². The first-order valence-corrected chi connectivity index (χ1v) is 10.9. The summed E-state index contributed by atoms with van der Waals surface area (Å²) in [5.74, 6) is 0.983. The van der Waals surface area contributed by atoms with E-state index in [0.29, 0.717) is 27.9 Å². The molecule has 0 bridgehead atoms. The zero-order valence-corrected chi connectivity index (χ0v) is 17.2. The standard InChI is InChI=1S/C19H17N3O5S2/c1-22(2)29(24,25)14-6-3-12(4-7-14)18(23)21-19-20-15(10-28-19)13-5-8-16-17(9-13)27-11-26-16/h3-10H,11H2,1-2H3,(H,20,21,23). The number of fused-ring (bicyclic) bond motifs is 1. The van der Waals surface area contributed by atoms with Crippen LogP contribution in [0.15, 0.2) is 52.7 Å². The van der Waals surface area contributed by atoms with Gasteiger partial charge >= 0.3 is 0 Å². The van der Waals surface area contributed by atoms with E-state index in [1.165, 1.54) is 49.7 Å². The first kappa shape index (κ1) is 19.4. The molecule has 0 atom stereocenters. The molecule has 4 rings (SSSR count). The number of thiazole rings is 1. The Morgan fingerprint density at radius 1 is 1.10 bits per heavy atom. The van der Waals surface area contributed by atoms with Crippen LogP contribution in [0.5, 0.6) is 11.5 Å². The molecule has 0 radical (unpaired) electrons. The molecule has 0 spiro atoms. The Hall–Kier alpha value is -2.95. The van der Waals surface area contributed by atoms with E-state index in [9.17, 15) is 13.2 Å². The molecule has 1 aliphatic heterocycles. The van der Waals surface area contributed by atoms with E-state index in [0.717, 1.165) is 9.87 Å². The zero-order chi connectivity index (χ0) is 20.6.